The van der Waals surface area contributed by atoms with Crippen LogP contribution >= 0.6 is 11.3 Å². The first-order chi connectivity index (χ1) is 9.15. The molecule has 3 aromatic heterocycles. The lowest BCUT2D eigenvalue weighted by molar-refractivity contribution is 0.272. The van der Waals surface area contributed by atoms with Crippen LogP contribution in [0.2, 0.25) is 0 Å². The number of thiophene rings is 1. The van der Waals surface area contributed by atoms with Gasteiger partial charge in [-0.3, -0.25) is 0 Å². The minimum atomic E-state index is -0.647. The average molecular weight is 278 g/mol. The average Bonchev–Trinajstić information content (AvgIpc) is 2.95. The highest BCUT2D eigenvalue weighted by Crippen LogP contribution is 2.24. The standard InChI is InChI=1S/C12H11FN4OS/c1-17-7(4-10-9(17)2-3-19-10)6-18-12-15-5-8(13)11(14)16-12/h2-5H,6H2,1H3,(H2,14,15,16). The van der Waals surface area contributed by atoms with E-state index < -0.39 is 5.82 Å². The van der Waals surface area contributed by atoms with E-state index in [9.17, 15) is 4.39 Å². The molecule has 5 nitrogen and oxygen atoms in total. The Balaban J connectivity index is 1.79. The van der Waals surface area contributed by atoms with Crippen LogP contribution in [0.15, 0.2) is 23.7 Å². The smallest absolute Gasteiger partial charge is 0.318 e. The Hall–Kier alpha value is -2.15. The van der Waals surface area contributed by atoms with Gasteiger partial charge in [-0.2, -0.15) is 4.98 Å². The van der Waals surface area contributed by atoms with E-state index in [0.29, 0.717) is 6.61 Å². The van der Waals surface area contributed by atoms with Crippen molar-refractivity contribution in [3.05, 3.63) is 35.2 Å². The molecule has 0 fully saturated rings. The molecule has 7 heteroatoms. The van der Waals surface area contributed by atoms with Crippen LogP contribution in [-0.4, -0.2) is 14.5 Å². The van der Waals surface area contributed by atoms with E-state index in [-0.39, 0.29) is 11.8 Å². The van der Waals surface area contributed by atoms with Gasteiger partial charge in [0.1, 0.15) is 6.61 Å². The summed E-state index contributed by atoms with van der Waals surface area (Å²) in [7, 11) is 1.97. The van der Waals surface area contributed by atoms with Crippen LogP contribution in [0.3, 0.4) is 0 Å². The molecule has 0 bridgehead atoms. The van der Waals surface area contributed by atoms with Crippen molar-refractivity contribution in [2.24, 2.45) is 7.05 Å². The van der Waals surface area contributed by atoms with E-state index in [4.69, 9.17) is 10.5 Å². The number of aromatic nitrogens is 3. The molecule has 0 radical (unpaired) electrons. The molecular weight excluding hydrogens is 267 g/mol. The third kappa shape index (κ3) is 2.12. The third-order valence-electron chi connectivity index (χ3n) is 2.86. The van der Waals surface area contributed by atoms with E-state index in [1.807, 2.05) is 23.1 Å². The summed E-state index contributed by atoms with van der Waals surface area (Å²) >= 11 is 1.67. The first kappa shape index (κ1) is 11.9. The van der Waals surface area contributed by atoms with Crippen molar-refractivity contribution in [3.63, 3.8) is 0 Å². The summed E-state index contributed by atoms with van der Waals surface area (Å²) < 4.78 is 21.6. The lowest BCUT2D eigenvalue weighted by Crippen LogP contribution is -2.05. The Bertz CT molecular complexity index is 736. The van der Waals surface area contributed by atoms with Gasteiger partial charge in [-0.25, -0.2) is 9.37 Å². The largest absolute Gasteiger partial charge is 0.457 e. The summed E-state index contributed by atoms with van der Waals surface area (Å²) in [6, 6.07) is 4.17. The van der Waals surface area contributed by atoms with E-state index in [0.717, 1.165) is 17.4 Å². The van der Waals surface area contributed by atoms with Crippen LogP contribution in [0.4, 0.5) is 10.2 Å². The van der Waals surface area contributed by atoms with E-state index >= 15 is 0 Å². The number of halogens is 1. The number of nitrogen functional groups attached to an aromatic ring is 1. The fourth-order valence-corrected chi connectivity index (χ4v) is 2.69. The fraction of sp³-hybridized carbons (Fsp3) is 0.167. The van der Waals surface area contributed by atoms with Crippen molar-refractivity contribution < 1.29 is 9.13 Å². The molecule has 0 aromatic carbocycles. The highest BCUT2D eigenvalue weighted by Gasteiger charge is 2.09. The number of aryl methyl sites for hydroxylation is 1. The van der Waals surface area contributed by atoms with Crippen molar-refractivity contribution in [1.82, 2.24) is 14.5 Å². The molecule has 0 spiro atoms. The molecule has 2 N–H and O–H groups in total. The molecule has 0 amide bonds. The molecular formula is C12H11FN4OS. The van der Waals surface area contributed by atoms with Gasteiger partial charge in [0.25, 0.3) is 0 Å². The van der Waals surface area contributed by atoms with E-state index in [2.05, 4.69) is 16.0 Å². The quantitative estimate of drug-likeness (QED) is 0.798. The zero-order valence-corrected chi connectivity index (χ0v) is 10.9. The predicted octanol–water partition coefficient (Wildman–Crippen LogP) is 2.33. The molecule has 19 heavy (non-hydrogen) atoms. The van der Waals surface area contributed by atoms with Crippen LogP contribution in [0.5, 0.6) is 6.01 Å². The molecule has 3 rings (SSSR count). The molecule has 0 aliphatic carbocycles. The number of ether oxygens (including phenoxy) is 1. The van der Waals surface area contributed by atoms with Crippen LogP contribution in [0, 0.1) is 5.82 Å². The summed E-state index contributed by atoms with van der Waals surface area (Å²) in [5, 5.41) is 2.04. The predicted molar refractivity (Wildman–Crippen MR) is 71.5 cm³/mol. The van der Waals surface area contributed by atoms with Gasteiger partial charge in [0.05, 0.1) is 22.1 Å². The molecule has 98 valence electrons. The third-order valence-corrected chi connectivity index (χ3v) is 3.71. The van der Waals surface area contributed by atoms with Crippen LogP contribution in [0.25, 0.3) is 10.2 Å². The van der Waals surface area contributed by atoms with Gasteiger partial charge in [-0.15, -0.1) is 11.3 Å². The van der Waals surface area contributed by atoms with E-state index in [1.54, 1.807) is 11.3 Å². The van der Waals surface area contributed by atoms with Gasteiger partial charge >= 0.3 is 6.01 Å². The summed E-state index contributed by atoms with van der Waals surface area (Å²) in [5.74, 6) is -0.857. The lowest BCUT2D eigenvalue weighted by Gasteiger charge is -2.06. The summed E-state index contributed by atoms with van der Waals surface area (Å²) in [6.07, 6.45) is 1.00. The van der Waals surface area contributed by atoms with Gasteiger partial charge in [-0.1, -0.05) is 0 Å². The number of nitrogens with zero attached hydrogens (tertiary/aromatic N) is 3. The summed E-state index contributed by atoms with van der Waals surface area (Å²) in [6.45, 7) is 0.309. The van der Waals surface area contributed by atoms with E-state index in [1.165, 1.54) is 4.70 Å². The molecule has 3 aromatic rings. The molecule has 0 aliphatic heterocycles. The van der Waals surface area contributed by atoms with Crippen molar-refractivity contribution in [3.8, 4) is 6.01 Å². The monoisotopic (exact) mass is 278 g/mol. The Kier molecular flexibility index (Phi) is 2.83. The Labute approximate surface area is 112 Å². The second-order valence-electron chi connectivity index (χ2n) is 4.04. The fourth-order valence-electron chi connectivity index (χ4n) is 1.81. The van der Waals surface area contributed by atoms with Gasteiger partial charge in [-0.05, 0) is 17.5 Å². The Morgan fingerprint density at radius 2 is 2.37 bits per heavy atom. The first-order valence-electron chi connectivity index (χ1n) is 5.58. The summed E-state index contributed by atoms with van der Waals surface area (Å²) in [5.41, 5.74) is 7.50. The Morgan fingerprint density at radius 3 is 3.11 bits per heavy atom. The second kappa shape index (κ2) is 4.51. The number of fused-ring (bicyclic) bond motifs is 1. The maximum Gasteiger partial charge on any atom is 0.318 e. The highest BCUT2D eigenvalue weighted by molar-refractivity contribution is 7.17. The topological polar surface area (TPSA) is 66.0 Å². The first-order valence-corrected chi connectivity index (χ1v) is 6.45. The SMILES string of the molecule is Cn1c(COc2ncc(F)c(N)n2)cc2sccc21. The lowest BCUT2D eigenvalue weighted by atomic mass is 10.4. The Morgan fingerprint density at radius 1 is 1.53 bits per heavy atom. The number of nitrogens with two attached hydrogens (primary N) is 1. The molecule has 0 atom stereocenters. The number of anilines is 1. The molecule has 0 saturated carbocycles. The van der Waals surface area contributed by atoms with Gasteiger partial charge in [0.15, 0.2) is 11.6 Å². The summed E-state index contributed by atoms with van der Waals surface area (Å²) in [4.78, 5) is 7.45. The molecule has 3 heterocycles. The van der Waals surface area contributed by atoms with Crippen LogP contribution in [0.1, 0.15) is 5.69 Å². The second-order valence-corrected chi connectivity index (χ2v) is 4.99. The maximum atomic E-state index is 12.9. The normalized spacial score (nSPS) is 11.1. The number of hydrogen-bond donors (Lipinski definition) is 1. The van der Waals surface area contributed by atoms with Gasteiger partial charge in [0.2, 0.25) is 0 Å². The van der Waals surface area contributed by atoms with Crippen LogP contribution in [-0.2, 0) is 13.7 Å². The molecule has 0 aliphatic rings. The van der Waals surface area contributed by atoms with Crippen molar-refractivity contribution in [1.29, 1.82) is 0 Å². The minimum Gasteiger partial charge on any atom is -0.457 e. The minimum absolute atomic E-state index is 0.0726. The number of hydrogen-bond acceptors (Lipinski definition) is 5. The van der Waals surface area contributed by atoms with Crippen molar-refractivity contribution in [2.75, 3.05) is 5.73 Å². The number of rotatable bonds is 3. The van der Waals surface area contributed by atoms with Crippen LogP contribution < -0.4 is 10.5 Å². The molecule has 0 saturated heterocycles. The molecule has 0 unspecified atom stereocenters. The zero-order valence-electron chi connectivity index (χ0n) is 10.1. The highest BCUT2D eigenvalue weighted by atomic mass is 32.1. The van der Waals surface area contributed by atoms with Crippen molar-refractivity contribution in [2.45, 2.75) is 6.61 Å². The van der Waals surface area contributed by atoms with Gasteiger partial charge < -0.3 is 15.0 Å². The maximum absolute atomic E-state index is 12.9. The van der Waals surface area contributed by atoms with Gasteiger partial charge in [0, 0.05) is 7.05 Å². The van der Waals surface area contributed by atoms with Crippen molar-refractivity contribution >= 4 is 27.4 Å². The zero-order chi connectivity index (χ0) is 13.4.